The van der Waals surface area contributed by atoms with Crippen molar-refractivity contribution in [1.29, 1.82) is 0 Å². The molecule has 2 aliphatic heterocycles. The molecule has 24 heavy (non-hydrogen) atoms. The molecule has 0 unspecified atom stereocenters. The third kappa shape index (κ3) is 4.39. The predicted octanol–water partition coefficient (Wildman–Crippen LogP) is 1.92. The van der Waals surface area contributed by atoms with Crippen LogP contribution in [0.5, 0.6) is 5.75 Å². The summed E-state index contributed by atoms with van der Waals surface area (Å²) in [5.74, 6) is 0.866. The van der Waals surface area contributed by atoms with Crippen molar-refractivity contribution in [2.24, 2.45) is 0 Å². The Balaban J connectivity index is 1.43. The zero-order valence-corrected chi connectivity index (χ0v) is 14.5. The van der Waals surface area contributed by atoms with E-state index >= 15 is 0 Å². The van der Waals surface area contributed by atoms with Gasteiger partial charge in [0.1, 0.15) is 5.75 Å². The van der Waals surface area contributed by atoms with E-state index in [1.807, 2.05) is 24.3 Å². The average Bonchev–Trinajstić information content (AvgIpc) is 2.54. The number of carbonyl (C=O) groups excluding carboxylic acids is 1. The fourth-order valence-corrected chi connectivity index (χ4v) is 3.50. The van der Waals surface area contributed by atoms with Gasteiger partial charge in [-0.05, 0) is 19.9 Å². The maximum atomic E-state index is 12.2. The van der Waals surface area contributed by atoms with Gasteiger partial charge in [0.25, 0.3) is 0 Å². The largest absolute Gasteiger partial charge is 0.493 e. The molecule has 3 rings (SSSR count). The molecule has 6 nitrogen and oxygen atoms in total. The molecule has 132 valence electrons. The summed E-state index contributed by atoms with van der Waals surface area (Å²) >= 11 is 0. The van der Waals surface area contributed by atoms with Crippen molar-refractivity contribution in [1.82, 2.24) is 15.5 Å². The monoisotopic (exact) mass is 333 g/mol. The molecule has 1 saturated heterocycles. The summed E-state index contributed by atoms with van der Waals surface area (Å²) in [5, 5.41) is 6.02. The minimum Gasteiger partial charge on any atom is -0.493 e. The molecule has 1 fully saturated rings. The molecule has 1 aromatic carbocycles. The summed E-state index contributed by atoms with van der Waals surface area (Å²) in [6.07, 6.45) is 1.30. The lowest BCUT2D eigenvalue weighted by molar-refractivity contribution is -0.0672. The molecule has 2 heterocycles. The fraction of sp³-hybridized carbons (Fsp3) is 0.611. The van der Waals surface area contributed by atoms with Gasteiger partial charge in [-0.3, -0.25) is 4.90 Å². The van der Waals surface area contributed by atoms with E-state index < -0.39 is 0 Å². The highest BCUT2D eigenvalue weighted by Crippen LogP contribution is 2.31. The summed E-state index contributed by atoms with van der Waals surface area (Å²) in [4.78, 5) is 14.5. The van der Waals surface area contributed by atoms with Gasteiger partial charge in [-0.15, -0.1) is 0 Å². The van der Waals surface area contributed by atoms with Gasteiger partial charge in [-0.25, -0.2) is 4.79 Å². The summed E-state index contributed by atoms with van der Waals surface area (Å²) in [6.45, 7) is 8.12. The second-order valence-electron chi connectivity index (χ2n) is 6.64. The SMILES string of the molecule is C[C@@H]1CN(CCNC(=O)N[C@@H]2CCOc3ccccc32)C[C@@H](C)O1. The quantitative estimate of drug-likeness (QED) is 0.884. The smallest absolute Gasteiger partial charge is 0.315 e. The topological polar surface area (TPSA) is 62.8 Å². The van der Waals surface area contributed by atoms with Crippen LogP contribution in [0.25, 0.3) is 0 Å². The second-order valence-corrected chi connectivity index (χ2v) is 6.64. The van der Waals surface area contributed by atoms with Crippen molar-refractivity contribution in [3.63, 3.8) is 0 Å². The summed E-state index contributed by atoms with van der Waals surface area (Å²) < 4.78 is 11.3. The molecule has 0 saturated carbocycles. The maximum absolute atomic E-state index is 12.2. The number of para-hydroxylation sites is 1. The number of urea groups is 1. The van der Waals surface area contributed by atoms with E-state index in [9.17, 15) is 4.79 Å². The first-order chi connectivity index (χ1) is 11.6. The first kappa shape index (κ1) is 17.0. The van der Waals surface area contributed by atoms with Gasteiger partial charge < -0.3 is 20.1 Å². The predicted molar refractivity (Wildman–Crippen MR) is 92.3 cm³/mol. The van der Waals surface area contributed by atoms with Crippen LogP contribution >= 0.6 is 0 Å². The van der Waals surface area contributed by atoms with Gasteiger partial charge in [0.2, 0.25) is 0 Å². The number of carbonyl (C=O) groups is 1. The standard InChI is InChI=1S/C18H27N3O3/c1-13-11-21(12-14(2)24-13)9-8-19-18(22)20-16-7-10-23-17-6-4-3-5-15(16)17/h3-6,13-14,16H,7-12H2,1-2H3,(H2,19,20,22)/t13-,14-,16-/m1/s1. The van der Waals surface area contributed by atoms with Gasteiger partial charge in [0, 0.05) is 38.2 Å². The Hall–Kier alpha value is -1.79. The van der Waals surface area contributed by atoms with Crippen LogP contribution in [0.15, 0.2) is 24.3 Å². The third-order valence-corrected chi connectivity index (χ3v) is 4.47. The molecule has 2 amide bonds. The zero-order valence-electron chi connectivity index (χ0n) is 14.5. The number of morpholine rings is 1. The van der Waals surface area contributed by atoms with E-state index in [1.54, 1.807) is 0 Å². The molecule has 0 radical (unpaired) electrons. The van der Waals surface area contributed by atoms with E-state index in [4.69, 9.17) is 9.47 Å². The highest BCUT2D eigenvalue weighted by molar-refractivity contribution is 5.74. The number of benzene rings is 1. The molecule has 0 aliphatic carbocycles. The lowest BCUT2D eigenvalue weighted by Crippen LogP contribution is -2.49. The summed E-state index contributed by atoms with van der Waals surface area (Å²) in [6, 6.07) is 7.77. The van der Waals surface area contributed by atoms with Gasteiger partial charge >= 0.3 is 6.03 Å². The molecular formula is C18H27N3O3. The van der Waals surface area contributed by atoms with Crippen molar-refractivity contribution < 1.29 is 14.3 Å². The number of ether oxygens (including phenoxy) is 2. The van der Waals surface area contributed by atoms with E-state index in [0.29, 0.717) is 13.2 Å². The van der Waals surface area contributed by atoms with E-state index in [1.165, 1.54) is 0 Å². The van der Waals surface area contributed by atoms with Crippen LogP contribution in [0.3, 0.4) is 0 Å². The Morgan fingerprint density at radius 1 is 1.25 bits per heavy atom. The Morgan fingerprint density at radius 3 is 2.79 bits per heavy atom. The number of nitrogens with zero attached hydrogens (tertiary/aromatic N) is 1. The average molecular weight is 333 g/mol. The minimum atomic E-state index is -0.119. The van der Waals surface area contributed by atoms with Gasteiger partial charge in [-0.2, -0.15) is 0 Å². The Bertz CT molecular complexity index is 556. The minimum absolute atomic E-state index is 0.0124. The van der Waals surface area contributed by atoms with Crippen LogP contribution in [0.1, 0.15) is 31.9 Å². The first-order valence-electron chi connectivity index (χ1n) is 8.75. The molecular weight excluding hydrogens is 306 g/mol. The molecule has 0 aromatic heterocycles. The van der Waals surface area contributed by atoms with Crippen LogP contribution in [-0.4, -0.2) is 55.9 Å². The third-order valence-electron chi connectivity index (χ3n) is 4.47. The van der Waals surface area contributed by atoms with E-state index in [2.05, 4.69) is 29.4 Å². The van der Waals surface area contributed by atoms with Crippen molar-refractivity contribution in [2.75, 3.05) is 32.8 Å². The molecule has 0 bridgehead atoms. The Labute approximate surface area is 143 Å². The summed E-state index contributed by atoms with van der Waals surface area (Å²) in [7, 11) is 0. The number of hydrogen-bond acceptors (Lipinski definition) is 4. The molecule has 6 heteroatoms. The van der Waals surface area contributed by atoms with Crippen LogP contribution in [-0.2, 0) is 4.74 Å². The highest BCUT2D eigenvalue weighted by Gasteiger charge is 2.23. The maximum Gasteiger partial charge on any atom is 0.315 e. The number of amides is 2. The lowest BCUT2D eigenvalue weighted by atomic mass is 10.0. The molecule has 0 spiro atoms. The normalized spacial score (nSPS) is 27.0. The number of rotatable bonds is 4. The van der Waals surface area contributed by atoms with Crippen LogP contribution in [0.2, 0.25) is 0 Å². The van der Waals surface area contributed by atoms with Crippen molar-refractivity contribution in [2.45, 2.75) is 38.5 Å². The van der Waals surface area contributed by atoms with Gasteiger partial charge in [0.15, 0.2) is 0 Å². The van der Waals surface area contributed by atoms with Crippen molar-refractivity contribution in [3.05, 3.63) is 29.8 Å². The number of fused-ring (bicyclic) bond motifs is 1. The van der Waals surface area contributed by atoms with E-state index in [0.717, 1.165) is 37.4 Å². The van der Waals surface area contributed by atoms with Crippen molar-refractivity contribution >= 4 is 6.03 Å². The Morgan fingerprint density at radius 2 is 2.00 bits per heavy atom. The molecule has 1 aromatic rings. The van der Waals surface area contributed by atoms with Gasteiger partial charge in [0.05, 0.1) is 24.9 Å². The van der Waals surface area contributed by atoms with Crippen molar-refractivity contribution in [3.8, 4) is 5.75 Å². The van der Waals surface area contributed by atoms with Crippen LogP contribution < -0.4 is 15.4 Å². The second kappa shape index (κ2) is 7.85. The zero-order chi connectivity index (χ0) is 16.9. The first-order valence-corrected chi connectivity index (χ1v) is 8.75. The number of hydrogen-bond donors (Lipinski definition) is 2. The Kier molecular flexibility index (Phi) is 5.58. The number of nitrogens with one attached hydrogen (secondary N) is 2. The molecule has 2 N–H and O–H groups in total. The molecule has 3 atom stereocenters. The fourth-order valence-electron chi connectivity index (χ4n) is 3.50. The van der Waals surface area contributed by atoms with Gasteiger partial charge in [-0.1, -0.05) is 18.2 Å². The lowest BCUT2D eigenvalue weighted by Gasteiger charge is -2.35. The van der Waals surface area contributed by atoms with E-state index in [-0.39, 0.29) is 24.3 Å². The summed E-state index contributed by atoms with van der Waals surface area (Å²) in [5.41, 5.74) is 1.05. The van der Waals surface area contributed by atoms with Crippen LogP contribution in [0.4, 0.5) is 4.79 Å². The van der Waals surface area contributed by atoms with Crippen LogP contribution in [0, 0.1) is 0 Å². The molecule has 2 aliphatic rings. The highest BCUT2D eigenvalue weighted by atomic mass is 16.5.